The maximum absolute atomic E-state index is 13.4. The number of hydrogen-bond acceptors (Lipinski definition) is 6. The van der Waals surface area contributed by atoms with Crippen LogP contribution in [0.4, 0.5) is 5.69 Å². The van der Waals surface area contributed by atoms with Crippen molar-refractivity contribution in [2.45, 2.75) is 136 Å². The number of allylic oxidation sites excluding steroid dienone is 6. The highest BCUT2D eigenvalue weighted by molar-refractivity contribution is 7.14. The number of unbranched alkanes of at least 4 members (excludes halogenated alkanes) is 12. The molecule has 4 nitrogen and oxygen atoms in total. The summed E-state index contributed by atoms with van der Waals surface area (Å²) in [4.78, 5) is 20.5. The molecule has 0 bridgehead atoms. The molecule has 2 aromatic heterocycles. The second-order valence-electron chi connectivity index (χ2n) is 16.1. The van der Waals surface area contributed by atoms with Crippen LogP contribution < -0.4 is 14.0 Å². The van der Waals surface area contributed by atoms with Gasteiger partial charge in [0.1, 0.15) is 5.76 Å². The Labute approximate surface area is 358 Å². The smallest absolute Gasteiger partial charge is 0.203 e. The minimum Gasteiger partial charge on any atom is -0.506 e. The molecule has 3 aromatic rings. The Bertz CT molecular complexity index is 1950. The zero-order valence-electron chi connectivity index (χ0n) is 36.0. The van der Waals surface area contributed by atoms with E-state index in [0.29, 0.717) is 17.2 Å². The molecule has 312 valence electrons. The summed E-state index contributed by atoms with van der Waals surface area (Å²) in [5, 5.41) is 11.1. The van der Waals surface area contributed by atoms with E-state index in [4.69, 9.17) is 0 Å². The van der Waals surface area contributed by atoms with Crippen LogP contribution in [0.2, 0.25) is 0 Å². The van der Waals surface area contributed by atoms with Crippen LogP contribution in [0.5, 0.6) is 0 Å². The Balaban J connectivity index is 1.19. The summed E-state index contributed by atoms with van der Waals surface area (Å²) in [5.41, 5.74) is 4.50. The van der Waals surface area contributed by atoms with E-state index in [9.17, 15) is 9.90 Å². The van der Waals surface area contributed by atoms with Gasteiger partial charge >= 0.3 is 0 Å². The largest absolute Gasteiger partial charge is 0.506 e. The lowest BCUT2D eigenvalue weighted by atomic mass is 9.87. The van der Waals surface area contributed by atoms with Crippen molar-refractivity contribution in [2.75, 3.05) is 31.1 Å². The second-order valence-corrected chi connectivity index (χ2v) is 18.3. The molecule has 0 radical (unpaired) electrons. The van der Waals surface area contributed by atoms with Crippen molar-refractivity contribution >= 4 is 63.5 Å². The molecule has 0 unspecified atom stereocenters. The first-order valence-corrected chi connectivity index (χ1v) is 24.3. The molecule has 0 saturated carbocycles. The van der Waals surface area contributed by atoms with Gasteiger partial charge in [0, 0.05) is 43.6 Å². The molecular formula is C52H70N2O2S2. The quantitative estimate of drug-likeness (QED) is 0.0820. The van der Waals surface area contributed by atoms with Crippen molar-refractivity contribution in [3.05, 3.63) is 115 Å². The fourth-order valence-corrected chi connectivity index (χ4v) is 9.69. The summed E-state index contributed by atoms with van der Waals surface area (Å²) in [5.74, 6) is 0.0288. The van der Waals surface area contributed by atoms with Crippen LogP contribution in [0, 0.1) is 0 Å². The van der Waals surface area contributed by atoms with Gasteiger partial charge in [0.05, 0.1) is 11.1 Å². The van der Waals surface area contributed by atoms with Crippen LogP contribution in [-0.2, 0) is 4.79 Å². The van der Waals surface area contributed by atoms with Crippen LogP contribution in [-0.4, -0.2) is 48.0 Å². The molecule has 0 spiro atoms. The fourth-order valence-electron chi connectivity index (χ4n) is 7.78. The Morgan fingerprint density at radius 1 is 0.603 bits per heavy atom. The average Bonchev–Trinajstić information content (AvgIpc) is 3.91. The summed E-state index contributed by atoms with van der Waals surface area (Å²) in [7, 11) is 0. The molecule has 1 N–H and O–H groups in total. The third-order valence-corrected chi connectivity index (χ3v) is 13.5. The third-order valence-electron chi connectivity index (χ3n) is 11.4. The Morgan fingerprint density at radius 3 is 1.76 bits per heavy atom. The van der Waals surface area contributed by atoms with Gasteiger partial charge in [-0.15, -0.1) is 22.7 Å². The molecule has 2 aliphatic rings. The van der Waals surface area contributed by atoms with Gasteiger partial charge in [-0.05, 0) is 98.5 Å². The number of thiophene rings is 2. The number of aliphatic hydroxyl groups is 1. The molecule has 2 aliphatic carbocycles. The highest BCUT2D eigenvalue weighted by Gasteiger charge is 2.36. The number of carbonyl (C=O) groups excluding carboxylic acids is 1. The molecule has 1 aromatic carbocycles. The lowest BCUT2D eigenvalue weighted by Crippen LogP contribution is -2.35. The van der Waals surface area contributed by atoms with Crippen molar-refractivity contribution < 1.29 is 9.90 Å². The van der Waals surface area contributed by atoms with E-state index >= 15 is 0 Å². The number of hydrogen-bond donors (Lipinski definition) is 1. The average molecular weight is 819 g/mol. The minimum absolute atomic E-state index is 0.0794. The topological polar surface area (TPSA) is 43.8 Å². The van der Waals surface area contributed by atoms with Crippen LogP contribution >= 0.6 is 22.7 Å². The van der Waals surface area contributed by atoms with Gasteiger partial charge in [-0.2, -0.15) is 0 Å². The molecule has 2 heterocycles. The lowest BCUT2D eigenvalue weighted by Gasteiger charge is -2.29. The van der Waals surface area contributed by atoms with E-state index in [2.05, 4.69) is 110 Å². The van der Waals surface area contributed by atoms with Crippen molar-refractivity contribution in [2.24, 2.45) is 0 Å². The number of anilines is 1. The zero-order valence-corrected chi connectivity index (χ0v) is 37.7. The van der Waals surface area contributed by atoms with Gasteiger partial charge in [0.15, 0.2) is 0 Å². The molecule has 5 rings (SSSR count). The van der Waals surface area contributed by atoms with Gasteiger partial charge in [-0.25, -0.2) is 0 Å². The summed E-state index contributed by atoms with van der Waals surface area (Å²) in [6, 6.07) is 17.3. The molecule has 58 heavy (non-hydrogen) atoms. The van der Waals surface area contributed by atoms with Gasteiger partial charge in [-0.3, -0.25) is 9.69 Å². The van der Waals surface area contributed by atoms with E-state index in [1.54, 1.807) is 22.7 Å². The minimum atomic E-state index is -0.0794. The molecule has 6 heteroatoms. The molecule has 0 atom stereocenters. The summed E-state index contributed by atoms with van der Waals surface area (Å²) in [6.45, 7) is 13.7. The number of rotatable bonds is 26. The molecular weight excluding hydrogens is 749 g/mol. The van der Waals surface area contributed by atoms with Crippen LogP contribution in [0.25, 0.3) is 29.4 Å². The molecule has 0 aliphatic heterocycles. The first kappa shape index (κ1) is 45.4. The van der Waals surface area contributed by atoms with Crippen LogP contribution in [0.15, 0.2) is 90.2 Å². The van der Waals surface area contributed by atoms with Crippen LogP contribution in [0.1, 0.15) is 146 Å². The van der Waals surface area contributed by atoms with Crippen molar-refractivity contribution in [1.29, 1.82) is 0 Å². The van der Waals surface area contributed by atoms with Gasteiger partial charge < -0.3 is 10.0 Å². The van der Waals surface area contributed by atoms with E-state index in [-0.39, 0.29) is 11.5 Å². The predicted molar refractivity (Wildman–Crippen MR) is 256 cm³/mol. The van der Waals surface area contributed by atoms with Gasteiger partial charge in [-0.1, -0.05) is 153 Å². The SMILES string of the molecule is CCCCCCN(CCCCCC)c1ccc(/C=C/c2ccc(C3=C(O)C(=c4cc/c(=C\C=C5C=CC(N(CCCCCC)CCCCCC)C=C5)s4)C3=O)s2)cc1. The summed E-state index contributed by atoms with van der Waals surface area (Å²) in [6.07, 6.45) is 38.3. The predicted octanol–water partition coefficient (Wildman–Crippen LogP) is 13.3. The normalized spacial score (nSPS) is 16.7. The number of benzene rings is 1. The Kier molecular flexibility index (Phi) is 19.6. The third kappa shape index (κ3) is 13.7. The van der Waals surface area contributed by atoms with E-state index in [1.165, 1.54) is 114 Å². The van der Waals surface area contributed by atoms with Crippen LogP contribution in [0.3, 0.4) is 0 Å². The number of carbonyl (C=O) groups is 1. The lowest BCUT2D eigenvalue weighted by molar-refractivity contribution is -0.109. The number of Topliss-reactive ketones (excluding diaryl/α,β-unsaturated/α-hetero) is 1. The number of aliphatic hydroxyl groups excluding tert-OH is 1. The van der Waals surface area contributed by atoms with Crippen molar-refractivity contribution in [3.8, 4) is 0 Å². The standard InChI is InChI=1S/C52H70N2O2S2/c1-5-9-13-17-37-53(38-18-14-10-6-2)43-27-21-41(22-28-43)25-31-45-33-35-47(57-45)49-51(55)50(52(49)56)48-36-34-46(58-48)32-26-42-23-29-44(30-24-42)54(39-19-15-11-7-3)40-20-16-12-8-4/h21-36,43,55H,5-20,37-40H2,1-4H3/b32-26+,41-25?,45-31+,49-47?. The Hall–Kier alpha value is -3.71. The number of ketones is 1. The van der Waals surface area contributed by atoms with Crippen molar-refractivity contribution in [3.63, 3.8) is 0 Å². The van der Waals surface area contributed by atoms with E-state index < -0.39 is 0 Å². The van der Waals surface area contributed by atoms with E-state index in [1.807, 2.05) is 24.3 Å². The molecule has 0 saturated heterocycles. The second kappa shape index (κ2) is 25.0. The maximum Gasteiger partial charge on any atom is 0.203 e. The molecule has 0 fully saturated rings. The number of nitrogens with zero attached hydrogens (tertiary/aromatic N) is 2. The van der Waals surface area contributed by atoms with E-state index in [0.717, 1.165) is 50.6 Å². The highest BCUT2D eigenvalue weighted by Crippen LogP contribution is 2.39. The highest BCUT2D eigenvalue weighted by atomic mass is 32.1. The van der Waals surface area contributed by atoms with Crippen molar-refractivity contribution in [1.82, 2.24) is 4.90 Å². The monoisotopic (exact) mass is 818 g/mol. The molecule has 0 amide bonds. The maximum atomic E-state index is 13.4. The summed E-state index contributed by atoms with van der Waals surface area (Å²) >= 11 is 3.09. The summed E-state index contributed by atoms with van der Waals surface area (Å²) < 4.78 is 1.87. The van der Waals surface area contributed by atoms with Gasteiger partial charge in [0.2, 0.25) is 5.78 Å². The first-order chi connectivity index (χ1) is 28.4. The Morgan fingerprint density at radius 2 is 1.19 bits per heavy atom. The van der Waals surface area contributed by atoms with Gasteiger partial charge in [0.25, 0.3) is 0 Å². The zero-order chi connectivity index (χ0) is 41.0. The fraction of sp³-hybridized carbons (Fsp3) is 0.481. The first-order valence-electron chi connectivity index (χ1n) is 22.7.